The molecule has 1 amide bonds. The molecule has 2 atom stereocenters. The minimum absolute atomic E-state index is 0.0111. The Morgan fingerprint density at radius 1 is 1.13 bits per heavy atom. The van der Waals surface area contributed by atoms with Gasteiger partial charge in [0.15, 0.2) is 0 Å². The van der Waals surface area contributed by atoms with Gasteiger partial charge in [-0.3, -0.25) is 4.79 Å². The smallest absolute Gasteiger partial charge is 0.228 e. The van der Waals surface area contributed by atoms with Crippen LogP contribution in [0.5, 0.6) is 11.5 Å². The van der Waals surface area contributed by atoms with Crippen LogP contribution < -0.4 is 14.8 Å². The molecule has 120 valence electrons. The summed E-state index contributed by atoms with van der Waals surface area (Å²) in [6.07, 6.45) is 0.863. The molecule has 2 aromatic carbocycles. The average Bonchev–Trinajstić information content (AvgIpc) is 3.37. The molecule has 1 fully saturated rings. The van der Waals surface area contributed by atoms with Gasteiger partial charge in [-0.2, -0.15) is 0 Å². The van der Waals surface area contributed by atoms with Crippen molar-refractivity contribution < 1.29 is 14.3 Å². The number of nitrogens with one attached hydrogen (secondary N) is 1. The summed E-state index contributed by atoms with van der Waals surface area (Å²) in [5, 5.41) is 3.34. The van der Waals surface area contributed by atoms with E-state index in [-0.39, 0.29) is 17.7 Å². The van der Waals surface area contributed by atoms with Crippen LogP contribution in [-0.4, -0.2) is 20.1 Å². The molecule has 0 spiro atoms. The van der Waals surface area contributed by atoms with Crippen LogP contribution in [0.1, 0.15) is 17.9 Å². The van der Waals surface area contributed by atoms with Gasteiger partial charge in [-0.05, 0) is 24.0 Å². The monoisotopic (exact) mass is 331 g/mol. The number of halogens is 1. The molecule has 0 aliphatic heterocycles. The Hall–Kier alpha value is -2.20. The molecule has 5 heteroatoms. The second-order valence-electron chi connectivity index (χ2n) is 5.54. The SMILES string of the molecule is COc1cc(OC)c(NC(=O)C2CC2c2ccccc2)cc1Cl. The van der Waals surface area contributed by atoms with Crippen LogP contribution in [0.4, 0.5) is 5.69 Å². The zero-order chi connectivity index (χ0) is 16.4. The molecule has 1 saturated carbocycles. The number of methoxy groups -OCH3 is 2. The first-order valence-corrected chi connectivity index (χ1v) is 7.79. The number of ether oxygens (including phenoxy) is 2. The zero-order valence-electron chi connectivity index (χ0n) is 13.0. The summed E-state index contributed by atoms with van der Waals surface area (Å²) in [5.74, 6) is 1.30. The molecule has 1 aliphatic carbocycles. The Kier molecular flexibility index (Phi) is 4.44. The molecular formula is C18H18ClNO3. The van der Waals surface area contributed by atoms with E-state index < -0.39 is 0 Å². The van der Waals surface area contributed by atoms with E-state index in [2.05, 4.69) is 17.4 Å². The average molecular weight is 332 g/mol. The van der Waals surface area contributed by atoms with Crippen molar-refractivity contribution in [1.82, 2.24) is 0 Å². The molecule has 4 nitrogen and oxygen atoms in total. The van der Waals surface area contributed by atoms with Gasteiger partial charge in [-0.25, -0.2) is 0 Å². The number of rotatable bonds is 5. The molecule has 23 heavy (non-hydrogen) atoms. The van der Waals surface area contributed by atoms with E-state index in [0.717, 1.165) is 6.42 Å². The number of carbonyl (C=O) groups is 1. The number of hydrogen-bond acceptors (Lipinski definition) is 3. The molecule has 0 aromatic heterocycles. The van der Waals surface area contributed by atoms with Crippen molar-refractivity contribution in [1.29, 1.82) is 0 Å². The second kappa shape index (κ2) is 6.50. The predicted molar refractivity (Wildman–Crippen MR) is 90.5 cm³/mol. The lowest BCUT2D eigenvalue weighted by atomic mass is 10.1. The van der Waals surface area contributed by atoms with E-state index in [1.165, 1.54) is 12.7 Å². The highest BCUT2D eigenvalue weighted by Crippen LogP contribution is 2.48. The van der Waals surface area contributed by atoms with Crippen LogP contribution in [0.2, 0.25) is 5.02 Å². The lowest BCUT2D eigenvalue weighted by molar-refractivity contribution is -0.117. The van der Waals surface area contributed by atoms with Crippen molar-refractivity contribution >= 4 is 23.2 Å². The third kappa shape index (κ3) is 3.27. The van der Waals surface area contributed by atoms with Crippen molar-refractivity contribution in [3.05, 3.63) is 53.1 Å². The summed E-state index contributed by atoms with van der Waals surface area (Å²) in [6.45, 7) is 0. The van der Waals surface area contributed by atoms with Gasteiger partial charge in [-0.15, -0.1) is 0 Å². The first-order valence-electron chi connectivity index (χ1n) is 7.41. The van der Waals surface area contributed by atoms with Gasteiger partial charge >= 0.3 is 0 Å². The van der Waals surface area contributed by atoms with E-state index in [1.54, 1.807) is 19.2 Å². The summed E-state index contributed by atoms with van der Waals surface area (Å²) in [4.78, 5) is 12.5. The number of anilines is 1. The number of benzene rings is 2. The van der Waals surface area contributed by atoms with Gasteiger partial charge in [0.2, 0.25) is 5.91 Å². The maximum atomic E-state index is 12.5. The fourth-order valence-corrected chi connectivity index (χ4v) is 2.98. The fourth-order valence-electron chi connectivity index (χ4n) is 2.74. The third-order valence-electron chi connectivity index (χ3n) is 4.09. The van der Waals surface area contributed by atoms with E-state index in [9.17, 15) is 4.79 Å². The third-order valence-corrected chi connectivity index (χ3v) is 4.38. The highest BCUT2D eigenvalue weighted by Gasteiger charge is 2.44. The number of amides is 1. The fraction of sp³-hybridized carbons (Fsp3) is 0.278. The molecule has 3 rings (SSSR count). The van der Waals surface area contributed by atoms with Crippen molar-refractivity contribution in [2.45, 2.75) is 12.3 Å². The van der Waals surface area contributed by atoms with E-state index in [0.29, 0.717) is 22.2 Å². The molecule has 0 radical (unpaired) electrons. The minimum atomic E-state index is -0.0154. The Bertz CT molecular complexity index is 718. The topological polar surface area (TPSA) is 47.6 Å². The van der Waals surface area contributed by atoms with Crippen LogP contribution >= 0.6 is 11.6 Å². The van der Waals surface area contributed by atoms with Crippen molar-refractivity contribution in [3.8, 4) is 11.5 Å². The number of carbonyl (C=O) groups excluding carboxylic acids is 1. The zero-order valence-corrected chi connectivity index (χ0v) is 13.8. The maximum Gasteiger partial charge on any atom is 0.228 e. The first-order chi connectivity index (χ1) is 11.1. The van der Waals surface area contributed by atoms with Gasteiger partial charge in [-0.1, -0.05) is 41.9 Å². The Morgan fingerprint density at radius 3 is 2.48 bits per heavy atom. The lowest BCUT2D eigenvalue weighted by Crippen LogP contribution is -2.15. The highest BCUT2D eigenvalue weighted by molar-refractivity contribution is 6.32. The second-order valence-corrected chi connectivity index (χ2v) is 5.94. The molecule has 2 aromatic rings. The van der Waals surface area contributed by atoms with Crippen LogP contribution in [0.3, 0.4) is 0 Å². The largest absolute Gasteiger partial charge is 0.495 e. The highest BCUT2D eigenvalue weighted by atomic mass is 35.5. The van der Waals surface area contributed by atoms with Crippen LogP contribution in [0, 0.1) is 5.92 Å². The van der Waals surface area contributed by atoms with Crippen molar-refractivity contribution in [3.63, 3.8) is 0 Å². The van der Waals surface area contributed by atoms with Gasteiger partial charge < -0.3 is 14.8 Å². The molecule has 2 unspecified atom stereocenters. The maximum absolute atomic E-state index is 12.5. The van der Waals surface area contributed by atoms with Gasteiger partial charge in [0.05, 0.1) is 24.9 Å². The molecule has 0 saturated heterocycles. The summed E-state index contributed by atoms with van der Waals surface area (Å²) in [5.41, 5.74) is 1.76. The standard InChI is InChI=1S/C18H18ClNO3/c1-22-16-10-17(23-2)15(9-14(16)19)20-18(21)13-8-12(13)11-6-4-3-5-7-11/h3-7,9-10,12-13H,8H2,1-2H3,(H,20,21). The summed E-state index contributed by atoms with van der Waals surface area (Å²) >= 11 is 6.13. The van der Waals surface area contributed by atoms with Gasteiger partial charge in [0, 0.05) is 12.0 Å². The van der Waals surface area contributed by atoms with Crippen LogP contribution in [0.15, 0.2) is 42.5 Å². The summed E-state index contributed by atoms with van der Waals surface area (Å²) in [6, 6.07) is 13.4. The van der Waals surface area contributed by atoms with Crippen LogP contribution in [-0.2, 0) is 4.79 Å². The van der Waals surface area contributed by atoms with Crippen LogP contribution in [0.25, 0.3) is 0 Å². The number of hydrogen-bond donors (Lipinski definition) is 1. The predicted octanol–water partition coefficient (Wildman–Crippen LogP) is 4.10. The Labute approximate surface area is 140 Å². The first kappa shape index (κ1) is 15.7. The van der Waals surface area contributed by atoms with Crippen molar-refractivity contribution in [2.24, 2.45) is 5.92 Å². The lowest BCUT2D eigenvalue weighted by Gasteiger charge is -2.13. The molecule has 1 N–H and O–H groups in total. The Balaban J connectivity index is 1.73. The molecule has 0 heterocycles. The van der Waals surface area contributed by atoms with E-state index >= 15 is 0 Å². The van der Waals surface area contributed by atoms with Gasteiger partial charge in [0.25, 0.3) is 0 Å². The molecular weight excluding hydrogens is 314 g/mol. The quantitative estimate of drug-likeness (QED) is 0.897. The van der Waals surface area contributed by atoms with E-state index in [1.807, 2.05) is 18.2 Å². The minimum Gasteiger partial charge on any atom is -0.495 e. The Morgan fingerprint density at radius 2 is 1.83 bits per heavy atom. The molecule has 1 aliphatic rings. The molecule has 0 bridgehead atoms. The normalized spacial score (nSPS) is 19.1. The van der Waals surface area contributed by atoms with Gasteiger partial charge in [0.1, 0.15) is 11.5 Å². The van der Waals surface area contributed by atoms with E-state index in [4.69, 9.17) is 21.1 Å². The van der Waals surface area contributed by atoms with Crippen molar-refractivity contribution in [2.75, 3.05) is 19.5 Å². The summed E-state index contributed by atoms with van der Waals surface area (Å²) in [7, 11) is 3.08. The summed E-state index contributed by atoms with van der Waals surface area (Å²) < 4.78 is 10.5.